The maximum atomic E-state index is 6.35. The van der Waals surface area contributed by atoms with Crippen LogP contribution in [0.5, 0.6) is 0 Å². The summed E-state index contributed by atoms with van der Waals surface area (Å²) in [5.41, 5.74) is 9.27. The van der Waals surface area contributed by atoms with Crippen LogP contribution in [0.2, 0.25) is 0 Å². The van der Waals surface area contributed by atoms with Crippen LogP contribution in [0, 0.1) is 5.41 Å². The molecule has 3 nitrogen and oxygen atoms in total. The van der Waals surface area contributed by atoms with Gasteiger partial charge in [-0.3, -0.25) is 4.68 Å². The number of aromatic nitrogens is 2. The molecule has 102 valence electrons. The molecular weight excluding hydrogens is 222 g/mol. The highest BCUT2D eigenvalue weighted by atomic mass is 15.3. The predicted octanol–water partition coefficient (Wildman–Crippen LogP) is 3.09. The molecule has 1 aromatic rings. The van der Waals surface area contributed by atoms with Crippen LogP contribution in [0.25, 0.3) is 0 Å². The summed E-state index contributed by atoms with van der Waals surface area (Å²) >= 11 is 0. The number of hydrogen-bond acceptors (Lipinski definition) is 2. The molecule has 3 heteroatoms. The Kier molecular flexibility index (Phi) is 3.81. The van der Waals surface area contributed by atoms with Crippen LogP contribution in [0.3, 0.4) is 0 Å². The summed E-state index contributed by atoms with van der Waals surface area (Å²) in [6, 6.07) is 2.88. The Morgan fingerprint density at radius 2 is 2.11 bits per heavy atom. The minimum absolute atomic E-state index is 0.257. The average Bonchev–Trinajstić information content (AvgIpc) is 2.75. The van der Waals surface area contributed by atoms with Crippen molar-refractivity contribution >= 4 is 0 Å². The van der Waals surface area contributed by atoms with E-state index in [-0.39, 0.29) is 6.04 Å². The van der Waals surface area contributed by atoms with Crippen molar-refractivity contribution in [3.8, 4) is 0 Å². The number of nitrogens with zero attached hydrogens (tertiary/aromatic N) is 2. The number of nitrogens with two attached hydrogens (primary N) is 1. The highest BCUT2D eigenvalue weighted by Gasteiger charge is 2.35. The third-order valence-electron chi connectivity index (χ3n) is 4.31. The molecule has 0 bridgehead atoms. The summed E-state index contributed by atoms with van der Waals surface area (Å²) in [6.07, 6.45) is 5.53. The molecule has 1 aliphatic rings. The number of hydrogen-bond donors (Lipinski definition) is 1. The van der Waals surface area contributed by atoms with Crippen molar-refractivity contribution in [2.45, 2.75) is 71.9 Å². The molecule has 18 heavy (non-hydrogen) atoms. The molecule has 1 heterocycles. The van der Waals surface area contributed by atoms with E-state index in [1.807, 2.05) is 0 Å². The van der Waals surface area contributed by atoms with Crippen LogP contribution in [0.1, 0.15) is 64.4 Å². The van der Waals surface area contributed by atoms with Gasteiger partial charge in [-0.15, -0.1) is 0 Å². The Hall–Kier alpha value is -0.830. The molecule has 1 aliphatic carbocycles. The van der Waals surface area contributed by atoms with Crippen molar-refractivity contribution in [1.82, 2.24) is 9.78 Å². The van der Waals surface area contributed by atoms with E-state index in [0.717, 1.165) is 25.7 Å². The molecular formula is C15H27N3. The van der Waals surface area contributed by atoms with Gasteiger partial charge in [-0.25, -0.2) is 0 Å². The van der Waals surface area contributed by atoms with Gasteiger partial charge < -0.3 is 5.73 Å². The number of aryl methyl sites for hydroxylation is 2. The van der Waals surface area contributed by atoms with E-state index < -0.39 is 0 Å². The Labute approximate surface area is 111 Å². The van der Waals surface area contributed by atoms with Crippen LogP contribution >= 0.6 is 0 Å². The van der Waals surface area contributed by atoms with Crippen LogP contribution < -0.4 is 5.73 Å². The minimum Gasteiger partial charge on any atom is -0.326 e. The molecule has 2 unspecified atom stereocenters. The fourth-order valence-electron chi connectivity index (χ4n) is 3.05. The molecule has 2 atom stereocenters. The summed E-state index contributed by atoms with van der Waals surface area (Å²) in [5.74, 6) is 0. The Bertz CT molecular complexity index is 406. The van der Waals surface area contributed by atoms with Gasteiger partial charge in [0.2, 0.25) is 0 Å². The van der Waals surface area contributed by atoms with Crippen LogP contribution in [-0.2, 0) is 12.8 Å². The quantitative estimate of drug-likeness (QED) is 0.894. The molecule has 0 radical (unpaired) electrons. The van der Waals surface area contributed by atoms with Gasteiger partial charge in [-0.05, 0) is 43.6 Å². The monoisotopic (exact) mass is 249 g/mol. The van der Waals surface area contributed by atoms with Gasteiger partial charge in [-0.1, -0.05) is 27.7 Å². The minimum atomic E-state index is 0.257. The van der Waals surface area contributed by atoms with Crippen LogP contribution in [0.15, 0.2) is 6.07 Å². The van der Waals surface area contributed by atoms with Gasteiger partial charge >= 0.3 is 0 Å². The van der Waals surface area contributed by atoms with E-state index in [0.29, 0.717) is 11.5 Å². The first-order valence-corrected chi connectivity index (χ1v) is 7.29. The number of rotatable bonds is 3. The predicted molar refractivity (Wildman–Crippen MR) is 75.6 cm³/mol. The lowest BCUT2D eigenvalue weighted by Crippen LogP contribution is -2.41. The molecule has 0 aromatic carbocycles. The van der Waals surface area contributed by atoms with Crippen molar-refractivity contribution in [2.24, 2.45) is 11.1 Å². The topological polar surface area (TPSA) is 43.8 Å². The van der Waals surface area contributed by atoms with E-state index in [1.165, 1.54) is 17.8 Å². The zero-order chi connectivity index (χ0) is 13.3. The normalized spacial score (nSPS) is 27.4. The zero-order valence-electron chi connectivity index (χ0n) is 12.2. The van der Waals surface area contributed by atoms with E-state index in [4.69, 9.17) is 10.8 Å². The Morgan fingerprint density at radius 3 is 2.72 bits per heavy atom. The molecule has 0 saturated heterocycles. The summed E-state index contributed by atoms with van der Waals surface area (Å²) in [5, 5.41) is 4.78. The van der Waals surface area contributed by atoms with Crippen LogP contribution in [0.4, 0.5) is 0 Å². The first-order chi connectivity index (χ1) is 8.46. The molecule has 2 rings (SSSR count). The first-order valence-electron chi connectivity index (χ1n) is 7.29. The smallest absolute Gasteiger partial charge is 0.0678 e. The standard InChI is InChI=1S/C15H27N3/c1-5-11-9-12(6-2)18(17-11)14-10-15(3,4)8-7-13(14)16/h9,13-14H,5-8,10,16H2,1-4H3. The van der Waals surface area contributed by atoms with Crippen molar-refractivity contribution in [3.05, 3.63) is 17.5 Å². The molecule has 1 fully saturated rings. The van der Waals surface area contributed by atoms with Gasteiger partial charge in [0.15, 0.2) is 0 Å². The lowest BCUT2D eigenvalue weighted by Gasteiger charge is -2.39. The summed E-state index contributed by atoms with van der Waals surface area (Å²) in [7, 11) is 0. The lowest BCUT2D eigenvalue weighted by atomic mass is 9.73. The highest BCUT2D eigenvalue weighted by Crippen LogP contribution is 2.40. The molecule has 0 aliphatic heterocycles. The molecule has 0 amide bonds. The molecule has 2 N–H and O–H groups in total. The Balaban J connectivity index is 2.31. The molecule has 1 aromatic heterocycles. The largest absolute Gasteiger partial charge is 0.326 e. The average molecular weight is 249 g/mol. The second kappa shape index (κ2) is 5.04. The van der Waals surface area contributed by atoms with Crippen LogP contribution in [-0.4, -0.2) is 15.8 Å². The molecule has 1 saturated carbocycles. The second-order valence-corrected chi connectivity index (χ2v) is 6.42. The summed E-state index contributed by atoms with van der Waals surface area (Å²) < 4.78 is 2.23. The van der Waals surface area contributed by atoms with Gasteiger partial charge in [0.05, 0.1) is 11.7 Å². The van der Waals surface area contributed by atoms with Gasteiger partial charge in [0.25, 0.3) is 0 Å². The summed E-state index contributed by atoms with van der Waals surface area (Å²) in [4.78, 5) is 0. The van der Waals surface area contributed by atoms with Gasteiger partial charge in [0.1, 0.15) is 0 Å². The second-order valence-electron chi connectivity index (χ2n) is 6.42. The maximum Gasteiger partial charge on any atom is 0.0678 e. The fourth-order valence-corrected chi connectivity index (χ4v) is 3.05. The lowest BCUT2D eigenvalue weighted by molar-refractivity contribution is 0.150. The third-order valence-corrected chi connectivity index (χ3v) is 4.31. The SMILES string of the molecule is CCc1cc(CC)n(C2CC(C)(C)CCC2N)n1. The van der Waals surface area contributed by atoms with Crippen molar-refractivity contribution in [3.63, 3.8) is 0 Å². The van der Waals surface area contributed by atoms with Gasteiger partial charge in [0, 0.05) is 11.7 Å². The maximum absolute atomic E-state index is 6.35. The van der Waals surface area contributed by atoms with E-state index in [2.05, 4.69) is 38.4 Å². The first kappa shape index (κ1) is 13.6. The van der Waals surface area contributed by atoms with Gasteiger partial charge in [-0.2, -0.15) is 5.10 Å². The van der Waals surface area contributed by atoms with Crippen molar-refractivity contribution < 1.29 is 0 Å². The van der Waals surface area contributed by atoms with E-state index in [9.17, 15) is 0 Å². The van der Waals surface area contributed by atoms with Crippen molar-refractivity contribution in [1.29, 1.82) is 0 Å². The summed E-state index contributed by atoms with van der Waals surface area (Å²) in [6.45, 7) is 9.06. The van der Waals surface area contributed by atoms with E-state index in [1.54, 1.807) is 0 Å². The van der Waals surface area contributed by atoms with E-state index >= 15 is 0 Å². The zero-order valence-corrected chi connectivity index (χ0v) is 12.2. The Morgan fingerprint density at radius 1 is 1.39 bits per heavy atom. The fraction of sp³-hybridized carbons (Fsp3) is 0.800. The van der Waals surface area contributed by atoms with Crippen molar-refractivity contribution in [2.75, 3.05) is 0 Å². The highest BCUT2D eigenvalue weighted by molar-refractivity contribution is 5.12. The third kappa shape index (κ3) is 2.61. The molecule has 0 spiro atoms.